The van der Waals surface area contributed by atoms with E-state index in [9.17, 15) is 4.79 Å². The lowest BCUT2D eigenvalue weighted by Crippen LogP contribution is -2.18. The fraction of sp³-hybridized carbons (Fsp3) is 0.312. The molecule has 2 heterocycles. The molecule has 1 aromatic carbocycles. The molecule has 0 radical (unpaired) electrons. The Morgan fingerprint density at radius 3 is 2.81 bits per heavy atom. The highest BCUT2D eigenvalue weighted by Crippen LogP contribution is 2.29. The van der Waals surface area contributed by atoms with Gasteiger partial charge in [0.1, 0.15) is 0 Å². The fourth-order valence-corrected chi connectivity index (χ4v) is 3.42. The summed E-state index contributed by atoms with van der Waals surface area (Å²) >= 11 is 7.79. The molecule has 5 heteroatoms. The molecule has 1 aliphatic rings. The zero-order chi connectivity index (χ0) is 14.7. The maximum absolute atomic E-state index is 12.1. The van der Waals surface area contributed by atoms with Crippen molar-refractivity contribution in [1.29, 1.82) is 0 Å². The number of halogens is 1. The van der Waals surface area contributed by atoms with Gasteiger partial charge in [0, 0.05) is 23.7 Å². The lowest BCUT2D eigenvalue weighted by Gasteiger charge is -2.19. The summed E-state index contributed by atoms with van der Waals surface area (Å²) in [5.41, 5.74) is 1.82. The largest absolute Gasteiger partial charge is 0.371 e. The molecule has 3 rings (SSSR count). The van der Waals surface area contributed by atoms with E-state index in [0.717, 1.165) is 23.7 Å². The Kier molecular flexibility index (Phi) is 4.46. The molecular weight excluding hydrogens is 304 g/mol. The Morgan fingerprint density at radius 2 is 2.10 bits per heavy atom. The quantitative estimate of drug-likeness (QED) is 0.916. The Balaban J connectivity index is 1.71. The molecule has 0 bridgehead atoms. The SMILES string of the molecule is O=C(Cc1cccs1)Nc1cc(N2CCCC2)ccc1Cl. The summed E-state index contributed by atoms with van der Waals surface area (Å²) in [5, 5.41) is 5.48. The van der Waals surface area contributed by atoms with Crippen molar-refractivity contribution in [2.24, 2.45) is 0 Å². The molecule has 1 saturated heterocycles. The highest BCUT2D eigenvalue weighted by molar-refractivity contribution is 7.10. The van der Waals surface area contributed by atoms with Gasteiger partial charge in [0.2, 0.25) is 5.91 Å². The van der Waals surface area contributed by atoms with Crippen LogP contribution in [0.1, 0.15) is 17.7 Å². The summed E-state index contributed by atoms with van der Waals surface area (Å²) in [4.78, 5) is 15.5. The molecule has 1 fully saturated rings. The molecule has 3 nitrogen and oxygen atoms in total. The second-order valence-corrected chi connectivity index (χ2v) is 6.60. The van der Waals surface area contributed by atoms with E-state index in [2.05, 4.69) is 10.2 Å². The van der Waals surface area contributed by atoms with Crippen LogP contribution in [0.5, 0.6) is 0 Å². The van der Waals surface area contributed by atoms with Crippen molar-refractivity contribution in [3.05, 3.63) is 45.6 Å². The van der Waals surface area contributed by atoms with E-state index >= 15 is 0 Å². The van der Waals surface area contributed by atoms with Crippen LogP contribution in [-0.2, 0) is 11.2 Å². The van der Waals surface area contributed by atoms with Crippen molar-refractivity contribution in [2.75, 3.05) is 23.3 Å². The Labute approximate surface area is 133 Å². The zero-order valence-electron chi connectivity index (χ0n) is 11.6. The van der Waals surface area contributed by atoms with Gasteiger partial charge in [-0.05, 0) is 42.5 Å². The molecule has 0 aliphatic carbocycles. The maximum Gasteiger partial charge on any atom is 0.229 e. The van der Waals surface area contributed by atoms with Crippen molar-refractivity contribution in [3.63, 3.8) is 0 Å². The molecule has 110 valence electrons. The van der Waals surface area contributed by atoms with Crippen LogP contribution in [0, 0.1) is 0 Å². The highest BCUT2D eigenvalue weighted by Gasteiger charge is 2.14. The van der Waals surface area contributed by atoms with Gasteiger partial charge in [0.15, 0.2) is 0 Å². The minimum absolute atomic E-state index is 0.0297. The summed E-state index contributed by atoms with van der Waals surface area (Å²) in [6.07, 6.45) is 2.84. The van der Waals surface area contributed by atoms with Gasteiger partial charge in [-0.25, -0.2) is 0 Å². The van der Waals surface area contributed by atoms with Crippen LogP contribution in [0.4, 0.5) is 11.4 Å². The molecule has 1 amide bonds. The third kappa shape index (κ3) is 3.57. The van der Waals surface area contributed by atoms with Gasteiger partial charge in [-0.3, -0.25) is 4.79 Å². The Bertz CT molecular complexity index is 621. The van der Waals surface area contributed by atoms with Crippen LogP contribution < -0.4 is 10.2 Å². The number of amides is 1. The van der Waals surface area contributed by atoms with Crippen molar-refractivity contribution in [1.82, 2.24) is 0 Å². The van der Waals surface area contributed by atoms with Crippen LogP contribution in [0.15, 0.2) is 35.7 Å². The number of benzene rings is 1. The van der Waals surface area contributed by atoms with Gasteiger partial charge in [-0.2, -0.15) is 0 Å². The lowest BCUT2D eigenvalue weighted by molar-refractivity contribution is -0.115. The molecule has 1 aliphatic heterocycles. The monoisotopic (exact) mass is 320 g/mol. The number of thiophene rings is 1. The highest BCUT2D eigenvalue weighted by atomic mass is 35.5. The van der Waals surface area contributed by atoms with E-state index in [1.165, 1.54) is 12.8 Å². The van der Waals surface area contributed by atoms with E-state index in [1.807, 2.05) is 35.7 Å². The number of nitrogens with one attached hydrogen (secondary N) is 1. The molecule has 21 heavy (non-hydrogen) atoms. The zero-order valence-corrected chi connectivity index (χ0v) is 13.2. The predicted molar refractivity (Wildman–Crippen MR) is 89.6 cm³/mol. The van der Waals surface area contributed by atoms with E-state index in [4.69, 9.17) is 11.6 Å². The minimum atomic E-state index is -0.0297. The van der Waals surface area contributed by atoms with Gasteiger partial charge in [0.25, 0.3) is 0 Å². The third-order valence-corrected chi connectivity index (χ3v) is 4.82. The third-order valence-electron chi connectivity index (χ3n) is 3.61. The molecule has 2 aromatic rings. The molecule has 0 spiro atoms. The minimum Gasteiger partial charge on any atom is -0.371 e. The second kappa shape index (κ2) is 6.50. The molecule has 0 saturated carbocycles. The van der Waals surface area contributed by atoms with Gasteiger partial charge in [-0.1, -0.05) is 17.7 Å². The van der Waals surface area contributed by atoms with Gasteiger partial charge >= 0.3 is 0 Å². The number of carbonyl (C=O) groups excluding carboxylic acids is 1. The van der Waals surface area contributed by atoms with Gasteiger partial charge in [-0.15, -0.1) is 11.3 Å². The van der Waals surface area contributed by atoms with E-state index in [-0.39, 0.29) is 5.91 Å². The van der Waals surface area contributed by atoms with Crippen molar-refractivity contribution >= 4 is 40.2 Å². The smallest absolute Gasteiger partial charge is 0.229 e. The van der Waals surface area contributed by atoms with E-state index in [0.29, 0.717) is 17.1 Å². The molecule has 1 aromatic heterocycles. The number of rotatable bonds is 4. The van der Waals surface area contributed by atoms with Crippen LogP contribution in [0.25, 0.3) is 0 Å². The van der Waals surface area contributed by atoms with Crippen LogP contribution in [0.2, 0.25) is 5.02 Å². The lowest BCUT2D eigenvalue weighted by atomic mass is 10.2. The predicted octanol–water partition coefficient (Wildman–Crippen LogP) is 4.18. The Hall–Kier alpha value is -1.52. The Morgan fingerprint density at radius 1 is 1.29 bits per heavy atom. The van der Waals surface area contributed by atoms with Crippen molar-refractivity contribution in [2.45, 2.75) is 19.3 Å². The number of anilines is 2. The van der Waals surface area contributed by atoms with E-state index < -0.39 is 0 Å². The molecular formula is C16H17ClN2OS. The first-order valence-electron chi connectivity index (χ1n) is 7.09. The number of hydrogen-bond acceptors (Lipinski definition) is 3. The first-order valence-corrected chi connectivity index (χ1v) is 8.35. The first kappa shape index (κ1) is 14.4. The van der Waals surface area contributed by atoms with Gasteiger partial charge in [0.05, 0.1) is 17.1 Å². The van der Waals surface area contributed by atoms with Gasteiger partial charge < -0.3 is 10.2 Å². The fourth-order valence-electron chi connectivity index (χ4n) is 2.55. The number of hydrogen-bond donors (Lipinski definition) is 1. The van der Waals surface area contributed by atoms with Crippen molar-refractivity contribution < 1.29 is 4.79 Å². The van der Waals surface area contributed by atoms with Crippen LogP contribution in [-0.4, -0.2) is 19.0 Å². The maximum atomic E-state index is 12.1. The number of nitrogens with zero attached hydrogens (tertiary/aromatic N) is 1. The van der Waals surface area contributed by atoms with Crippen LogP contribution in [0.3, 0.4) is 0 Å². The molecule has 0 atom stereocenters. The van der Waals surface area contributed by atoms with Crippen molar-refractivity contribution in [3.8, 4) is 0 Å². The summed E-state index contributed by atoms with van der Waals surface area (Å²) in [7, 11) is 0. The second-order valence-electron chi connectivity index (χ2n) is 5.16. The van der Waals surface area contributed by atoms with Crippen LogP contribution >= 0.6 is 22.9 Å². The topological polar surface area (TPSA) is 32.3 Å². The number of carbonyl (C=O) groups is 1. The van der Waals surface area contributed by atoms with E-state index in [1.54, 1.807) is 11.3 Å². The summed E-state index contributed by atoms with van der Waals surface area (Å²) in [6, 6.07) is 9.76. The normalized spacial score (nSPS) is 14.4. The average Bonchev–Trinajstić information content (AvgIpc) is 3.14. The first-order chi connectivity index (χ1) is 10.2. The molecule has 1 N–H and O–H groups in total. The summed E-state index contributed by atoms with van der Waals surface area (Å²) in [6.45, 7) is 2.15. The standard InChI is InChI=1S/C16H17ClN2OS/c17-14-6-5-12(19-7-1-2-8-19)10-15(14)18-16(20)11-13-4-3-9-21-13/h3-6,9-10H,1-2,7-8,11H2,(H,18,20). The summed E-state index contributed by atoms with van der Waals surface area (Å²) < 4.78 is 0. The molecule has 0 unspecified atom stereocenters. The average molecular weight is 321 g/mol. The summed E-state index contributed by atoms with van der Waals surface area (Å²) in [5.74, 6) is -0.0297.